The zero-order valence-corrected chi connectivity index (χ0v) is 50.0. The average Bonchev–Trinajstić information content (AvgIpc) is 4.13. The number of carbonyl (C=O) groups is 1. The minimum Gasteiger partial charge on any atom is -0.657 e. The minimum absolute atomic E-state index is 0. The molecule has 0 atom stereocenters. The maximum absolute atomic E-state index is 15.2. The molecule has 3 aliphatic rings. The number of ketones is 1. The van der Waals surface area contributed by atoms with E-state index in [0.717, 1.165) is 82.5 Å². The van der Waals surface area contributed by atoms with Crippen LogP contribution in [0.3, 0.4) is 0 Å². The molecule has 0 amide bonds. The first-order valence-corrected chi connectivity index (χ1v) is 27.1. The van der Waals surface area contributed by atoms with Gasteiger partial charge < -0.3 is 15.3 Å². The number of H-pyrrole nitrogens is 1. The number of aromatic nitrogens is 2. The number of aliphatic imine (C=N–C) groups is 1. The van der Waals surface area contributed by atoms with E-state index in [9.17, 15) is 0 Å². The van der Waals surface area contributed by atoms with Gasteiger partial charge in [-0.2, -0.15) is 0 Å². The standard InChI is InChI=1S/C68H76BrN4O.Cu/c1-63(2,3)43-29-40(30-44(35-43)64(4,5)6)59-51-24-23-50(70-51)58(39-19-21-49(69)22-20-39)56-38-57(74)62(73-56)61(42-33-47(67(13,14)15)37-48(34-42)68(16,17)18)55-28-27-54(72-55)60(53-26-25-52(59)71-53)41-31-45(65(7,8)9)36-46(32-41)66(10,11)12;/h19-38H,1-18H3,(H2-,70,71,72,73,74);/q-1;+2/p-1. The second kappa shape index (κ2) is 19.4. The molecule has 4 aromatic carbocycles. The van der Waals surface area contributed by atoms with E-state index in [0.29, 0.717) is 11.4 Å². The smallest absolute Gasteiger partial charge is 0.657 e. The molecule has 0 saturated carbocycles. The van der Waals surface area contributed by atoms with Crippen molar-refractivity contribution in [3.63, 3.8) is 0 Å². The summed E-state index contributed by atoms with van der Waals surface area (Å²) in [6.45, 7) is 40.9. The third kappa shape index (κ3) is 11.3. The number of nitrogens with one attached hydrogen (secondary N) is 1. The van der Waals surface area contributed by atoms with Gasteiger partial charge in [0.1, 0.15) is 0 Å². The first-order valence-electron chi connectivity index (χ1n) is 26.3. The van der Waals surface area contributed by atoms with Crippen molar-refractivity contribution in [2.75, 3.05) is 0 Å². The second-order valence-corrected chi connectivity index (χ2v) is 27.9. The van der Waals surface area contributed by atoms with Gasteiger partial charge in [-0.25, -0.2) is 4.99 Å². The number of carbonyl (C=O) groups excluding carboxylic acids is 1. The van der Waals surface area contributed by atoms with Crippen LogP contribution in [0.2, 0.25) is 0 Å². The summed E-state index contributed by atoms with van der Waals surface area (Å²) in [5.41, 5.74) is 18.0. The van der Waals surface area contributed by atoms with Crippen molar-refractivity contribution >= 4 is 49.7 Å². The number of hydrogen-bond acceptors (Lipinski definition) is 2. The molecule has 1 radical (unpaired) electrons. The van der Waals surface area contributed by atoms with Crippen LogP contribution in [0.5, 0.6) is 0 Å². The minimum atomic E-state index is -0.173. The molecule has 2 aromatic heterocycles. The van der Waals surface area contributed by atoms with E-state index in [4.69, 9.17) is 15.3 Å². The van der Waals surface area contributed by atoms with Gasteiger partial charge >= 0.3 is 17.1 Å². The molecule has 391 valence electrons. The molecule has 5 heterocycles. The number of rotatable bonds is 4. The first-order chi connectivity index (χ1) is 34.2. The molecule has 8 bridgehead atoms. The van der Waals surface area contributed by atoms with Gasteiger partial charge in [0.25, 0.3) is 0 Å². The van der Waals surface area contributed by atoms with Crippen LogP contribution in [0.15, 0.2) is 148 Å². The number of halogens is 1. The van der Waals surface area contributed by atoms with Crippen molar-refractivity contribution in [3.8, 4) is 0 Å². The van der Waals surface area contributed by atoms with Gasteiger partial charge in [0.15, 0.2) is 5.78 Å². The fourth-order valence-corrected chi connectivity index (χ4v) is 10.2. The molecule has 0 unspecified atom stereocenters. The zero-order valence-electron chi connectivity index (χ0n) is 47.5. The van der Waals surface area contributed by atoms with Gasteiger partial charge in [-0.3, -0.25) is 4.79 Å². The van der Waals surface area contributed by atoms with Gasteiger partial charge in [-0.15, -0.1) is 16.4 Å². The van der Waals surface area contributed by atoms with Crippen molar-refractivity contribution in [2.45, 2.75) is 157 Å². The van der Waals surface area contributed by atoms with E-state index >= 15 is 4.79 Å². The van der Waals surface area contributed by atoms with E-state index in [2.05, 4.69) is 249 Å². The van der Waals surface area contributed by atoms with E-state index in [1.54, 1.807) is 6.08 Å². The van der Waals surface area contributed by atoms with Crippen molar-refractivity contribution in [3.05, 3.63) is 226 Å². The molecular weight excluding hydrogens is 1030 g/mol. The Balaban J connectivity index is 0.00000747. The number of aromatic amines is 1. The van der Waals surface area contributed by atoms with Gasteiger partial charge in [0.2, 0.25) is 0 Å². The number of allylic oxidation sites excluding steroid dienone is 4. The van der Waals surface area contributed by atoms with Crippen LogP contribution in [-0.4, -0.2) is 16.5 Å². The topological polar surface area (TPSA) is 73.4 Å². The maximum atomic E-state index is 15.2. The molecule has 7 heteroatoms. The third-order valence-corrected chi connectivity index (χ3v) is 15.3. The van der Waals surface area contributed by atoms with Crippen molar-refractivity contribution in [1.82, 2.24) is 9.97 Å². The summed E-state index contributed by atoms with van der Waals surface area (Å²) in [4.78, 5) is 30.5. The van der Waals surface area contributed by atoms with Gasteiger partial charge in [0.05, 0.1) is 11.4 Å². The summed E-state index contributed by atoms with van der Waals surface area (Å²) in [6, 6.07) is 37.8. The molecular formula is C68H75BrCuN4O. The molecule has 75 heavy (non-hydrogen) atoms. The number of benzene rings is 4. The Morgan fingerprint density at radius 1 is 0.440 bits per heavy atom. The van der Waals surface area contributed by atoms with Crippen LogP contribution in [0.25, 0.3) is 27.6 Å². The quantitative estimate of drug-likeness (QED) is 0.179. The van der Waals surface area contributed by atoms with Crippen LogP contribution < -0.4 is 15.7 Å². The summed E-state index contributed by atoms with van der Waals surface area (Å²) in [5.74, 6) is -0.157. The maximum Gasteiger partial charge on any atom is 2.00 e. The Morgan fingerprint density at radius 2 is 0.827 bits per heavy atom. The Hall–Kier alpha value is -5.72. The van der Waals surface area contributed by atoms with Crippen LogP contribution >= 0.6 is 15.9 Å². The largest absolute Gasteiger partial charge is 2.00 e. The van der Waals surface area contributed by atoms with Crippen LogP contribution in [0.1, 0.15) is 192 Å². The first kappa shape index (κ1) is 55.5. The second-order valence-electron chi connectivity index (χ2n) is 27.0. The van der Waals surface area contributed by atoms with Crippen molar-refractivity contribution < 1.29 is 21.9 Å². The monoisotopic (exact) mass is 1110 g/mol. The van der Waals surface area contributed by atoms with Crippen LogP contribution in [0.4, 0.5) is 0 Å². The van der Waals surface area contributed by atoms with Crippen molar-refractivity contribution in [1.29, 1.82) is 0 Å². The predicted molar refractivity (Wildman–Crippen MR) is 316 cm³/mol. The Bertz CT molecular complexity index is 3480. The van der Waals surface area contributed by atoms with Crippen LogP contribution in [-0.2, 0) is 54.4 Å². The summed E-state index contributed by atoms with van der Waals surface area (Å²) in [5, 5.41) is 7.13. The van der Waals surface area contributed by atoms with Gasteiger partial charge in [0, 0.05) is 15.9 Å². The Morgan fingerprint density at radius 3 is 1.25 bits per heavy atom. The summed E-state index contributed by atoms with van der Waals surface area (Å²) >= 11 is 3.68. The molecule has 9 rings (SSSR count). The molecule has 6 aromatic rings. The van der Waals surface area contributed by atoms with Gasteiger partial charge in [-0.05, 0) is 153 Å². The van der Waals surface area contributed by atoms with Gasteiger partial charge in [-0.1, -0.05) is 225 Å². The SMILES string of the molecule is CC(C)(C)c1cc(C2=C3[N-]C(=CC3=O)C(c3ccc(Br)cc3)=C3C=CC(=N3)C(c3cc(C(C)(C)C)cc(C(C)(C)C)c3)=c3ccc([n-]3)=C(c3cc(C(C)(C)C)cc(C(C)(C)C)c3)c3ccc2[nH]3)cc(C(C)(C)C)c1.[Cu+2]. The number of fused-ring (bicyclic) bond motifs is 7. The normalized spacial score (nSPS) is 15.6. The Labute approximate surface area is 466 Å². The number of nitrogens with zero attached hydrogens (tertiary/aromatic N) is 3. The van der Waals surface area contributed by atoms with Crippen LogP contribution in [0, 0.1) is 0 Å². The third-order valence-electron chi connectivity index (χ3n) is 14.7. The number of hydrogen-bond donors (Lipinski definition) is 1. The molecule has 0 fully saturated rings. The van der Waals surface area contributed by atoms with Crippen molar-refractivity contribution in [2.24, 2.45) is 4.99 Å². The van der Waals surface area contributed by atoms with E-state index < -0.39 is 0 Å². The fraction of sp³-hybridized carbons (Fsp3) is 0.353. The Kier molecular flexibility index (Phi) is 14.3. The molecule has 0 spiro atoms. The summed E-state index contributed by atoms with van der Waals surface area (Å²) in [6.07, 6.45) is 5.91. The fourth-order valence-electron chi connectivity index (χ4n) is 9.92. The molecule has 3 aliphatic heterocycles. The average molecular weight is 1110 g/mol. The van der Waals surface area contributed by atoms with E-state index in [-0.39, 0.29) is 55.3 Å². The van der Waals surface area contributed by atoms with E-state index in [1.807, 2.05) is 12.1 Å². The zero-order chi connectivity index (χ0) is 53.8. The molecule has 1 N–H and O–H groups in total. The van der Waals surface area contributed by atoms with E-state index in [1.165, 1.54) is 33.4 Å². The molecule has 5 nitrogen and oxygen atoms in total. The summed E-state index contributed by atoms with van der Waals surface area (Å²) < 4.78 is 0.955. The summed E-state index contributed by atoms with van der Waals surface area (Å²) in [7, 11) is 0. The molecule has 0 saturated heterocycles. The molecule has 0 aliphatic carbocycles. The predicted octanol–water partition coefficient (Wildman–Crippen LogP) is 16.0.